The summed E-state index contributed by atoms with van der Waals surface area (Å²) in [5.41, 5.74) is 1.27. The molecule has 100 valence electrons. The third-order valence-corrected chi connectivity index (χ3v) is 4.85. The Hall–Kier alpha value is -1.50. The Morgan fingerprint density at radius 2 is 1.84 bits per heavy atom. The van der Waals surface area contributed by atoms with E-state index < -0.39 is 0 Å². The van der Waals surface area contributed by atoms with Crippen LogP contribution < -0.4 is 5.32 Å². The van der Waals surface area contributed by atoms with E-state index in [2.05, 4.69) is 61.6 Å². The minimum atomic E-state index is 0.645. The van der Waals surface area contributed by atoms with Crippen molar-refractivity contribution < 1.29 is 0 Å². The third kappa shape index (κ3) is 2.47. The molecular formula is C18H23N. The van der Waals surface area contributed by atoms with Crippen molar-refractivity contribution in [1.82, 2.24) is 0 Å². The Morgan fingerprint density at radius 3 is 2.58 bits per heavy atom. The van der Waals surface area contributed by atoms with E-state index in [9.17, 15) is 0 Å². The zero-order valence-electron chi connectivity index (χ0n) is 11.9. The van der Waals surface area contributed by atoms with Crippen LogP contribution in [0.3, 0.4) is 0 Å². The summed E-state index contributed by atoms with van der Waals surface area (Å²) < 4.78 is 0. The van der Waals surface area contributed by atoms with Gasteiger partial charge in [-0.15, -0.1) is 0 Å². The molecule has 3 rings (SSSR count). The molecule has 1 aliphatic carbocycles. The van der Waals surface area contributed by atoms with Gasteiger partial charge in [-0.05, 0) is 47.6 Å². The molecule has 0 amide bonds. The molecular weight excluding hydrogens is 230 g/mol. The van der Waals surface area contributed by atoms with Gasteiger partial charge in [-0.1, -0.05) is 50.6 Å². The summed E-state index contributed by atoms with van der Waals surface area (Å²) in [6, 6.07) is 15.9. The van der Waals surface area contributed by atoms with Crippen LogP contribution in [0, 0.1) is 11.8 Å². The maximum absolute atomic E-state index is 3.75. The van der Waals surface area contributed by atoms with E-state index in [1.807, 2.05) is 0 Å². The molecule has 0 saturated heterocycles. The largest absolute Gasteiger partial charge is 0.382 e. The highest BCUT2D eigenvalue weighted by Gasteiger charge is 2.31. The van der Waals surface area contributed by atoms with Crippen molar-refractivity contribution in [2.24, 2.45) is 11.8 Å². The smallest absolute Gasteiger partial charge is 0.0348 e. The lowest BCUT2D eigenvalue weighted by Crippen LogP contribution is -2.24. The Balaban J connectivity index is 1.78. The van der Waals surface area contributed by atoms with Gasteiger partial charge in [-0.25, -0.2) is 0 Å². The predicted octanol–water partition coefficient (Wildman–Crippen LogP) is 5.08. The van der Waals surface area contributed by atoms with Crippen molar-refractivity contribution in [3.8, 4) is 0 Å². The highest BCUT2D eigenvalue weighted by molar-refractivity contribution is 5.85. The molecule has 1 aliphatic rings. The lowest BCUT2D eigenvalue weighted by atomic mass is 9.93. The fourth-order valence-corrected chi connectivity index (χ4v) is 3.52. The Labute approximate surface area is 116 Å². The molecule has 0 aliphatic heterocycles. The fourth-order valence-electron chi connectivity index (χ4n) is 3.52. The lowest BCUT2D eigenvalue weighted by Gasteiger charge is -2.22. The summed E-state index contributed by atoms with van der Waals surface area (Å²) in [6.07, 6.45) is 4.01. The summed E-state index contributed by atoms with van der Waals surface area (Å²) in [5, 5.41) is 6.39. The summed E-state index contributed by atoms with van der Waals surface area (Å²) in [4.78, 5) is 0. The predicted molar refractivity (Wildman–Crippen MR) is 83.5 cm³/mol. The quantitative estimate of drug-likeness (QED) is 0.804. The second-order valence-electron chi connectivity index (χ2n) is 5.92. The molecule has 1 nitrogen and oxygen atoms in total. The molecule has 0 radical (unpaired) electrons. The van der Waals surface area contributed by atoms with Gasteiger partial charge in [0.1, 0.15) is 0 Å². The zero-order chi connectivity index (χ0) is 13.2. The van der Waals surface area contributed by atoms with Crippen molar-refractivity contribution >= 4 is 16.5 Å². The van der Waals surface area contributed by atoms with Crippen LogP contribution in [0.1, 0.15) is 33.1 Å². The average molecular weight is 253 g/mol. The molecule has 3 unspecified atom stereocenters. The monoisotopic (exact) mass is 253 g/mol. The molecule has 1 saturated carbocycles. The van der Waals surface area contributed by atoms with Crippen LogP contribution in [0.5, 0.6) is 0 Å². The standard InChI is InChI=1S/C18H23N/c1-3-14-9-11-18(13(14)2)19-17-10-8-15-6-4-5-7-16(15)12-17/h4-8,10,12-14,18-19H,3,9,11H2,1-2H3. The number of nitrogens with one attached hydrogen (secondary N) is 1. The first-order valence-corrected chi connectivity index (χ1v) is 7.53. The molecule has 0 bridgehead atoms. The van der Waals surface area contributed by atoms with E-state index >= 15 is 0 Å². The van der Waals surface area contributed by atoms with Crippen LogP contribution in [-0.4, -0.2) is 6.04 Å². The lowest BCUT2D eigenvalue weighted by molar-refractivity contribution is 0.392. The molecule has 1 fully saturated rings. The number of rotatable bonds is 3. The van der Waals surface area contributed by atoms with Gasteiger partial charge in [0.25, 0.3) is 0 Å². The van der Waals surface area contributed by atoms with Gasteiger partial charge in [-0.2, -0.15) is 0 Å². The number of hydrogen-bond acceptors (Lipinski definition) is 1. The minimum Gasteiger partial charge on any atom is -0.382 e. The van der Waals surface area contributed by atoms with Crippen LogP contribution in [0.25, 0.3) is 10.8 Å². The number of fused-ring (bicyclic) bond motifs is 1. The Bertz CT molecular complexity index is 560. The number of hydrogen-bond donors (Lipinski definition) is 1. The fraction of sp³-hybridized carbons (Fsp3) is 0.444. The second kappa shape index (κ2) is 5.24. The van der Waals surface area contributed by atoms with Crippen molar-refractivity contribution in [2.45, 2.75) is 39.2 Å². The molecule has 1 N–H and O–H groups in total. The zero-order valence-corrected chi connectivity index (χ0v) is 11.9. The molecule has 0 aromatic heterocycles. The van der Waals surface area contributed by atoms with Crippen LogP contribution in [0.15, 0.2) is 42.5 Å². The number of benzene rings is 2. The molecule has 2 aromatic rings. The summed E-state index contributed by atoms with van der Waals surface area (Å²) in [5.74, 6) is 1.69. The van der Waals surface area contributed by atoms with Crippen molar-refractivity contribution in [1.29, 1.82) is 0 Å². The number of anilines is 1. The highest BCUT2D eigenvalue weighted by atomic mass is 14.9. The van der Waals surface area contributed by atoms with E-state index in [0.717, 1.165) is 11.8 Å². The van der Waals surface area contributed by atoms with E-state index in [4.69, 9.17) is 0 Å². The van der Waals surface area contributed by atoms with Crippen LogP contribution in [-0.2, 0) is 0 Å². The molecule has 19 heavy (non-hydrogen) atoms. The SMILES string of the molecule is CCC1CCC(Nc2ccc3ccccc3c2)C1C. The molecule has 0 heterocycles. The topological polar surface area (TPSA) is 12.0 Å². The molecule has 2 aromatic carbocycles. The van der Waals surface area contributed by atoms with Crippen molar-refractivity contribution in [3.05, 3.63) is 42.5 Å². The van der Waals surface area contributed by atoms with Gasteiger partial charge in [0, 0.05) is 11.7 Å². The first-order chi connectivity index (χ1) is 9.28. The van der Waals surface area contributed by atoms with E-state index in [1.165, 1.54) is 35.7 Å². The average Bonchev–Trinajstić information content (AvgIpc) is 2.79. The van der Waals surface area contributed by atoms with E-state index in [-0.39, 0.29) is 0 Å². The van der Waals surface area contributed by atoms with Crippen LogP contribution in [0.4, 0.5) is 5.69 Å². The van der Waals surface area contributed by atoms with Gasteiger partial charge in [0.05, 0.1) is 0 Å². The maximum atomic E-state index is 3.75. The van der Waals surface area contributed by atoms with Crippen LogP contribution in [0.2, 0.25) is 0 Å². The molecule has 1 heteroatoms. The molecule has 0 spiro atoms. The van der Waals surface area contributed by atoms with Crippen LogP contribution >= 0.6 is 0 Å². The summed E-state index contributed by atoms with van der Waals surface area (Å²) in [6.45, 7) is 4.72. The second-order valence-corrected chi connectivity index (χ2v) is 5.92. The van der Waals surface area contributed by atoms with Gasteiger partial charge >= 0.3 is 0 Å². The normalized spacial score (nSPS) is 26.7. The van der Waals surface area contributed by atoms with Gasteiger partial charge in [-0.3, -0.25) is 0 Å². The van der Waals surface area contributed by atoms with Gasteiger partial charge < -0.3 is 5.32 Å². The van der Waals surface area contributed by atoms with Crippen molar-refractivity contribution in [2.75, 3.05) is 5.32 Å². The molecule has 3 atom stereocenters. The van der Waals surface area contributed by atoms with Gasteiger partial charge in [0.15, 0.2) is 0 Å². The Morgan fingerprint density at radius 1 is 1.05 bits per heavy atom. The summed E-state index contributed by atoms with van der Waals surface area (Å²) in [7, 11) is 0. The first kappa shape index (κ1) is 12.5. The highest BCUT2D eigenvalue weighted by Crippen LogP contribution is 2.35. The van der Waals surface area contributed by atoms with Crippen molar-refractivity contribution in [3.63, 3.8) is 0 Å². The van der Waals surface area contributed by atoms with E-state index in [0.29, 0.717) is 6.04 Å². The van der Waals surface area contributed by atoms with E-state index in [1.54, 1.807) is 0 Å². The summed E-state index contributed by atoms with van der Waals surface area (Å²) >= 11 is 0. The van der Waals surface area contributed by atoms with Gasteiger partial charge in [0.2, 0.25) is 0 Å². The third-order valence-electron chi connectivity index (χ3n) is 4.85. The maximum Gasteiger partial charge on any atom is 0.0348 e. The first-order valence-electron chi connectivity index (χ1n) is 7.53. The minimum absolute atomic E-state index is 0.645. The Kier molecular flexibility index (Phi) is 3.46.